The number of aliphatic hydroxyl groups is 1. The first-order chi connectivity index (χ1) is 31.0. The highest BCUT2D eigenvalue weighted by molar-refractivity contribution is 7.45. The number of likely N-dealkylation sites (N-methyl/N-ethyl adjacent to an activating group) is 1. The summed E-state index contributed by atoms with van der Waals surface area (Å²) >= 11 is 0. The van der Waals surface area contributed by atoms with Gasteiger partial charge in [-0.3, -0.25) is 9.36 Å². The highest BCUT2D eigenvalue weighted by atomic mass is 31.2. The van der Waals surface area contributed by atoms with Crippen molar-refractivity contribution in [2.24, 2.45) is 0 Å². The van der Waals surface area contributed by atoms with Gasteiger partial charge in [0, 0.05) is 6.42 Å². The summed E-state index contributed by atoms with van der Waals surface area (Å²) in [5.41, 5.74) is 0. The third kappa shape index (κ3) is 48.1. The molecule has 0 rings (SSSR count). The van der Waals surface area contributed by atoms with E-state index >= 15 is 0 Å². The van der Waals surface area contributed by atoms with Crippen LogP contribution in [0.25, 0.3) is 0 Å². The number of phosphoric acid groups is 1. The highest BCUT2D eigenvalue weighted by Gasteiger charge is 2.23. The molecular weight excluding hydrogens is 816 g/mol. The Hall–Kier alpha value is -1.80. The van der Waals surface area contributed by atoms with Crippen LogP contribution < -0.4 is 10.2 Å². The number of phosphoric ester groups is 1. The van der Waals surface area contributed by atoms with Gasteiger partial charge in [0.15, 0.2) is 0 Å². The van der Waals surface area contributed by atoms with Gasteiger partial charge in [0.05, 0.1) is 39.9 Å². The summed E-state index contributed by atoms with van der Waals surface area (Å²) in [4.78, 5) is 25.4. The van der Waals surface area contributed by atoms with E-state index in [1.807, 2.05) is 27.2 Å². The van der Waals surface area contributed by atoms with E-state index in [0.29, 0.717) is 17.4 Å². The lowest BCUT2D eigenvalue weighted by Gasteiger charge is -2.29. The number of allylic oxidation sites excluding steroid dienone is 9. The molecule has 0 aliphatic rings. The van der Waals surface area contributed by atoms with E-state index in [2.05, 4.69) is 67.8 Å². The molecule has 3 unspecified atom stereocenters. The van der Waals surface area contributed by atoms with Crippen LogP contribution in [-0.4, -0.2) is 68.5 Å². The van der Waals surface area contributed by atoms with Gasteiger partial charge >= 0.3 is 0 Å². The molecule has 374 valence electrons. The van der Waals surface area contributed by atoms with Crippen LogP contribution in [0.15, 0.2) is 60.8 Å². The molecule has 0 saturated carbocycles. The number of hydrogen-bond acceptors (Lipinski definition) is 6. The van der Waals surface area contributed by atoms with Crippen LogP contribution in [0.5, 0.6) is 0 Å². The molecule has 8 nitrogen and oxygen atoms in total. The Kier molecular flexibility index (Phi) is 45.0. The average Bonchev–Trinajstić information content (AvgIpc) is 3.25. The first kappa shape index (κ1) is 62.2. The van der Waals surface area contributed by atoms with Gasteiger partial charge in [-0.05, 0) is 70.6 Å². The predicted octanol–water partition coefficient (Wildman–Crippen LogP) is 15.1. The van der Waals surface area contributed by atoms with E-state index in [9.17, 15) is 19.4 Å². The van der Waals surface area contributed by atoms with Crippen LogP contribution in [0.2, 0.25) is 0 Å². The highest BCUT2D eigenvalue weighted by Crippen LogP contribution is 2.38. The molecule has 0 spiro atoms. The lowest BCUT2D eigenvalue weighted by atomic mass is 10.0. The van der Waals surface area contributed by atoms with Crippen LogP contribution in [-0.2, 0) is 18.4 Å². The largest absolute Gasteiger partial charge is 0.756 e. The van der Waals surface area contributed by atoms with Gasteiger partial charge < -0.3 is 28.8 Å². The van der Waals surface area contributed by atoms with Gasteiger partial charge in [0.2, 0.25) is 5.91 Å². The third-order valence-corrected chi connectivity index (χ3v) is 12.7. The molecule has 1 amide bonds. The number of carbonyl (C=O) groups excluding carboxylic acids is 1. The molecule has 0 fully saturated rings. The fourth-order valence-corrected chi connectivity index (χ4v) is 8.19. The molecule has 9 heteroatoms. The lowest BCUT2D eigenvalue weighted by Crippen LogP contribution is -2.45. The molecule has 3 atom stereocenters. The van der Waals surface area contributed by atoms with Gasteiger partial charge in [-0.1, -0.05) is 216 Å². The van der Waals surface area contributed by atoms with E-state index in [1.165, 1.54) is 148 Å². The fraction of sp³-hybridized carbons (Fsp3) is 0.800. The molecule has 0 aromatic carbocycles. The second kappa shape index (κ2) is 46.3. The summed E-state index contributed by atoms with van der Waals surface area (Å²) in [5.74, 6) is -0.215. The minimum Gasteiger partial charge on any atom is -0.756 e. The standard InChI is InChI=1S/C55H103N2O6P/c1-6-8-10-12-14-16-18-20-22-24-26-27-28-29-31-33-35-37-39-41-43-45-47-49-55(59)56-53(52-63-64(60,61)62-51-50-57(3,4)5)54(58)48-46-44-42-40-38-36-34-32-30-25-23-21-19-17-15-13-11-9-7-2/h18,20,24,26,28-29,38,40,46,48,53-54,58H,6-17,19,21-23,25,27,30-37,39,41-45,47,49-52H2,1-5H3,(H-,56,59,60,61)/b20-18-,26-24-,29-28-,40-38+,48-46+. The minimum absolute atomic E-state index is 0.00995. The van der Waals surface area contributed by atoms with Crippen LogP contribution in [0, 0.1) is 0 Å². The first-order valence-corrected chi connectivity index (χ1v) is 28.1. The van der Waals surface area contributed by atoms with Crippen molar-refractivity contribution in [3.63, 3.8) is 0 Å². The summed E-state index contributed by atoms with van der Waals surface area (Å²) < 4.78 is 23.3. The Morgan fingerprint density at radius 1 is 0.547 bits per heavy atom. The van der Waals surface area contributed by atoms with Crippen LogP contribution >= 0.6 is 7.82 Å². The maximum atomic E-state index is 12.9. The van der Waals surface area contributed by atoms with Gasteiger partial charge in [-0.25, -0.2) is 0 Å². The summed E-state index contributed by atoms with van der Waals surface area (Å²) in [6, 6.07) is -0.910. The Morgan fingerprint density at radius 3 is 1.38 bits per heavy atom. The van der Waals surface area contributed by atoms with Gasteiger partial charge in [-0.2, -0.15) is 0 Å². The molecule has 0 aliphatic carbocycles. The monoisotopic (exact) mass is 919 g/mol. The summed E-state index contributed by atoms with van der Waals surface area (Å²) in [5, 5.41) is 13.8. The first-order valence-electron chi connectivity index (χ1n) is 26.7. The quantitative estimate of drug-likeness (QED) is 0.0272. The maximum absolute atomic E-state index is 12.9. The second-order valence-corrected chi connectivity index (χ2v) is 20.6. The molecule has 2 N–H and O–H groups in total. The smallest absolute Gasteiger partial charge is 0.268 e. The van der Waals surface area contributed by atoms with Crippen molar-refractivity contribution in [3.8, 4) is 0 Å². The van der Waals surface area contributed by atoms with Crippen molar-refractivity contribution in [2.75, 3.05) is 40.9 Å². The SMILES string of the molecule is CCCCCCC/C=C\C/C=C\C/C=C\CCCCCCCCCCC(=O)NC(COP(=O)([O-])OCC[N+](C)(C)C)C(O)/C=C/CC/C=C/CCCCCCCCCCCCCCC. The molecular formula is C55H103N2O6P. The third-order valence-electron chi connectivity index (χ3n) is 11.7. The van der Waals surface area contributed by atoms with E-state index in [1.54, 1.807) is 6.08 Å². The molecule has 0 saturated heterocycles. The van der Waals surface area contributed by atoms with Crippen LogP contribution in [0.3, 0.4) is 0 Å². The number of quaternary nitrogens is 1. The lowest BCUT2D eigenvalue weighted by molar-refractivity contribution is -0.870. The number of aliphatic hydroxyl groups excluding tert-OH is 1. The maximum Gasteiger partial charge on any atom is 0.268 e. The normalized spacial score (nSPS) is 14.5. The molecule has 0 heterocycles. The van der Waals surface area contributed by atoms with Gasteiger partial charge in [-0.15, -0.1) is 0 Å². The molecule has 0 bridgehead atoms. The zero-order valence-electron chi connectivity index (χ0n) is 42.5. The number of nitrogens with one attached hydrogen (secondary N) is 1. The topological polar surface area (TPSA) is 108 Å². The van der Waals surface area contributed by atoms with E-state index < -0.39 is 26.6 Å². The van der Waals surface area contributed by atoms with Gasteiger partial charge in [0.25, 0.3) is 7.82 Å². The van der Waals surface area contributed by atoms with Crippen LogP contribution in [0.4, 0.5) is 0 Å². The molecule has 64 heavy (non-hydrogen) atoms. The zero-order valence-corrected chi connectivity index (χ0v) is 43.4. The number of unbranched alkanes of at least 4 members (excludes halogenated alkanes) is 27. The number of rotatable bonds is 48. The van der Waals surface area contributed by atoms with Crippen molar-refractivity contribution < 1.29 is 32.9 Å². The van der Waals surface area contributed by atoms with Crippen molar-refractivity contribution in [1.29, 1.82) is 0 Å². The number of nitrogens with zero attached hydrogens (tertiary/aromatic N) is 1. The van der Waals surface area contributed by atoms with E-state index in [-0.39, 0.29) is 12.5 Å². The summed E-state index contributed by atoms with van der Waals surface area (Å²) in [7, 11) is 1.23. The Labute approximate surface area is 396 Å². The fourth-order valence-electron chi connectivity index (χ4n) is 7.47. The summed E-state index contributed by atoms with van der Waals surface area (Å²) in [6.45, 7) is 4.62. The Bertz CT molecular complexity index is 1230. The number of hydrogen-bond donors (Lipinski definition) is 2. The zero-order chi connectivity index (χ0) is 47.1. The van der Waals surface area contributed by atoms with Crippen molar-refractivity contribution >= 4 is 13.7 Å². The second-order valence-electron chi connectivity index (χ2n) is 19.2. The average molecular weight is 919 g/mol. The number of carbonyl (C=O) groups is 1. The number of amides is 1. The Balaban J connectivity index is 4.35. The molecule has 0 aliphatic heterocycles. The minimum atomic E-state index is -4.61. The van der Waals surface area contributed by atoms with Gasteiger partial charge in [0.1, 0.15) is 13.2 Å². The van der Waals surface area contributed by atoms with Crippen molar-refractivity contribution in [3.05, 3.63) is 60.8 Å². The summed E-state index contributed by atoms with van der Waals surface area (Å²) in [6.07, 6.45) is 61.4. The van der Waals surface area contributed by atoms with E-state index in [0.717, 1.165) is 64.2 Å². The molecule has 0 aromatic rings. The Morgan fingerprint density at radius 2 is 0.922 bits per heavy atom. The predicted molar refractivity (Wildman–Crippen MR) is 274 cm³/mol. The van der Waals surface area contributed by atoms with Crippen molar-refractivity contribution in [2.45, 2.75) is 244 Å². The van der Waals surface area contributed by atoms with Crippen molar-refractivity contribution in [1.82, 2.24) is 5.32 Å². The van der Waals surface area contributed by atoms with E-state index in [4.69, 9.17) is 9.05 Å². The molecule has 0 aromatic heterocycles. The molecule has 0 radical (unpaired) electrons. The van der Waals surface area contributed by atoms with Crippen LogP contribution in [0.1, 0.15) is 232 Å².